The van der Waals surface area contributed by atoms with Gasteiger partial charge in [0, 0.05) is 26.3 Å². The van der Waals surface area contributed by atoms with Crippen LogP contribution in [0.2, 0.25) is 0 Å². The van der Waals surface area contributed by atoms with E-state index in [0.717, 1.165) is 18.9 Å². The van der Waals surface area contributed by atoms with Crippen molar-refractivity contribution in [3.05, 3.63) is 11.9 Å². The Hall–Kier alpha value is -1.32. The van der Waals surface area contributed by atoms with E-state index in [0.29, 0.717) is 5.70 Å². The minimum atomic E-state index is 0.0121. The Balaban J connectivity index is 2.10. The van der Waals surface area contributed by atoms with Crippen LogP contribution in [-0.2, 0) is 4.79 Å². The predicted molar refractivity (Wildman–Crippen MR) is 59.4 cm³/mol. The number of amides is 1. The Morgan fingerprint density at radius 3 is 2.47 bits per heavy atom. The molecule has 1 saturated heterocycles. The first-order valence-electron chi connectivity index (χ1n) is 5.48. The lowest BCUT2D eigenvalue weighted by atomic mass is 10.1. The smallest absolute Gasteiger partial charge is 0.279 e. The fourth-order valence-corrected chi connectivity index (χ4v) is 1.92. The summed E-state index contributed by atoms with van der Waals surface area (Å²) in [6.07, 6.45) is 5.65. The van der Waals surface area contributed by atoms with Crippen molar-refractivity contribution in [3.8, 4) is 0 Å². The van der Waals surface area contributed by atoms with Crippen LogP contribution in [0.1, 0.15) is 26.2 Å². The fraction of sp³-hybridized carbons (Fsp3) is 0.636. The molecule has 1 fully saturated rings. The second-order valence-corrected chi connectivity index (χ2v) is 4.13. The number of aliphatic imine (C=N–C) groups is 1. The van der Waals surface area contributed by atoms with Gasteiger partial charge in [-0.05, 0) is 26.2 Å². The monoisotopic (exact) mass is 207 g/mol. The molecular weight excluding hydrogens is 190 g/mol. The Bertz CT molecular complexity index is 327. The zero-order valence-corrected chi connectivity index (χ0v) is 9.36. The zero-order valence-electron chi connectivity index (χ0n) is 9.36. The highest BCUT2D eigenvalue weighted by molar-refractivity contribution is 6.11. The number of likely N-dealkylation sites (N-methyl/N-ethyl adjacent to an activating group) is 1. The van der Waals surface area contributed by atoms with Gasteiger partial charge in [-0.15, -0.1) is 0 Å². The van der Waals surface area contributed by atoms with E-state index in [2.05, 4.69) is 9.89 Å². The number of carbonyl (C=O) groups is 1. The van der Waals surface area contributed by atoms with Crippen LogP contribution in [0.3, 0.4) is 0 Å². The molecule has 0 unspecified atom stereocenters. The maximum Gasteiger partial charge on any atom is 0.279 e. The van der Waals surface area contributed by atoms with Crippen molar-refractivity contribution < 1.29 is 4.79 Å². The van der Waals surface area contributed by atoms with Gasteiger partial charge in [-0.3, -0.25) is 9.69 Å². The molecule has 4 nitrogen and oxygen atoms in total. The topological polar surface area (TPSA) is 35.9 Å². The normalized spacial score (nSPS) is 25.1. The molecule has 0 radical (unpaired) electrons. The largest absolute Gasteiger partial charge is 0.375 e. The SMILES string of the molecule is CC1=N/C(=C\N2CCCCC2)C(=O)N1C. The molecule has 0 aromatic carbocycles. The number of hydrogen-bond donors (Lipinski definition) is 0. The quantitative estimate of drug-likeness (QED) is 0.606. The third-order valence-electron chi connectivity index (χ3n) is 2.99. The Morgan fingerprint density at radius 2 is 1.93 bits per heavy atom. The third kappa shape index (κ3) is 2.03. The minimum absolute atomic E-state index is 0.0121. The molecular formula is C11H17N3O. The molecule has 0 spiro atoms. The van der Waals surface area contributed by atoms with Crippen LogP contribution in [0.15, 0.2) is 16.9 Å². The molecule has 0 atom stereocenters. The predicted octanol–water partition coefficient (Wildman–Crippen LogP) is 1.20. The van der Waals surface area contributed by atoms with E-state index < -0.39 is 0 Å². The summed E-state index contributed by atoms with van der Waals surface area (Å²) in [6.45, 7) is 3.96. The molecule has 1 amide bonds. The van der Waals surface area contributed by atoms with Crippen LogP contribution in [-0.4, -0.2) is 41.7 Å². The highest BCUT2D eigenvalue weighted by Crippen LogP contribution is 2.16. The van der Waals surface area contributed by atoms with Crippen LogP contribution < -0.4 is 0 Å². The molecule has 0 aromatic rings. The first kappa shape index (κ1) is 10.2. The number of nitrogens with zero attached hydrogens (tertiary/aromatic N) is 3. The average molecular weight is 207 g/mol. The average Bonchev–Trinajstić information content (AvgIpc) is 2.48. The number of likely N-dealkylation sites (tertiary alicyclic amines) is 1. The van der Waals surface area contributed by atoms with E-state index in [4.69, 9.17) is 0 Å². The van der Waals surface area contributed by atoms with E-state index in [1.807, 2.05) is 13.1 Å². The summed E-state index contributed by atoms with van der Waals surface area (Å²) >= 11 is 0. The van der Waals surface area contributed by atoms with Gasteiger partial charge < -0.3 is 4.90 Å². The molecule has 0 aromatic heterocycles. The van der Waals surface area contributed by atoms with E-state index in [-0.39, 0.29) is 5.91 Å². The number of rotatable bonds is 1. The maximum atomic E-state index is 11.7. The summed E-state index contributed by atoms with van der Waals surface area (Å²) in [7, 11) is 1.76. The summed E-state index contributed by atoms with van der Waals surface area (Å²) in [5.41, 5.74) is 0.580. The molecule has 2 aliphatic rings. The van der Waals surface area contributed by atoms with Crippen molar-refractivity contribution >= 4 is 11.7 Å². The molecule has 0 saturated carbocycles. The van der Waals surface area contributed by atoms with E-state index >= 15 is 0 Å². The van der Waals surface area contributed by atoms with Crippen molar-refractivity contribution in [1.29, 1.82) is 0 Å². The highest BCUT2D eigenvalue weighted by atomic mass is 16.2. The van der Waals surface area contributed by atoms with Crippen molar-refractivity contribution in [2.75, 3.05) is 20.1 Å². The summed E-state index contributed by atoms with van der Waals surface area (Å²) in [5, 5.41) is 0. The molecule has 0 N–H and O–H groups in total. The molecule has 82 valence electrons. The molecule has 2 aliphatic heterocycles. The molecule has 15 heavy (non-hydrogen) atoms. The van der Waals surface area contributed by atoms with Crippen LogP contribution in [0.4, 0.5) is 0 Å². The number of carbonyl (C=O) groups excluding carboxylic acids is 1. The van der Waals surface area contributed by atoms with Gasteiger partial charge in [-0.25, -0.2) is 4.99 Å². The van der Waals surface area contributed by atoms with Gasteiger partial charge in [0.2, 0.25) is 0 Å². The second-order valence-electron chi connectivity index (χ2n) is 4.13. The Kier molecular flexibility index (Phi) is 2.75. The van der Waals surface area contributed by atoms with Gasteiger partial charge in [0.15, 0.2) is 0 Å². The maximum absolute atomic E-state index is 11.7. The summed E-state index contributed by atoms with van der Waals surface area (Å²) < 4.78 is 0. The number of hydrogen-bond acceptors (Lipinski definition) is 3. The molecule has 4 heteroatoms. The lowest BCUT2D eigenvalue weighted by molar-refractivity contribution is -0.121. The summed E-state index contributed by atoms with van der Waals surface area (Å²) in [5.74, 6) is 0.793. The van der Waals surface area contributed by atoms with Crippen LogP contribution >= 0.6 is 0 Å². The lowest BCUT2D eigenvalue weighted by Gasteiger charge is -2.24. The fourth-order valence-electron chi connectivity index (χ4n) is 1.92. The van der Waals surface area contributed by atoms with Crippen molar-refractivity contribution in [2.24, 2.45) is 4.99 Å². The first-order valence-corrected chi connectivity index (χ1v) is 5.48. The van der Waals surface area contributed by atoms with Gasteiger partial charge in [-0.1, -0.05) is 0 Å². The van der Waals surface area contributed by atoms with E-state index in [1.165, 1.54) is 19.3 Å². The van der Waals surface area contributed by atoms with Gasteiger partial charge >= 0.3 is 0 Å². The van der Waals surface area contributed by atoms with Gasteiger partial charge in [0.05, 0.1) is 0 Å². The molecule has 2 rings (SSSR count). The van der Waals surface area contributed by atoms with Crippen molar-refractivity contribution in [1.82, 2.24) is 9.80 Å². The zero-order chi connectivity index (χ0) is 10.8. The number of amidine groups is 1. The van der Waals surface area contributed by atoms with Gasteiger partial charge in [0.1, 0.15) is 11.5 Å². The van der Waals surface area contributed by atoms with Crippen molar-refractivity contribution in [3.63, 3.8) is 0 Å². The first-order chi connectivity index (χ1) is 7.18. The van der Waals surface area contributed by atoms with Crippen molar-refractivity contribution in [2.45, 2.75) is 26.2 Å². The standard InChI is InChI=1S/C11H17N3O/c1-9-12-10(11(15)13(9)2)8-14-6-4-3-5-7-14/h8H,3-7H2,1-2H3/b10-8-. The van der Waals surface area contributed by atoms with E-state index in [1.54, 1.807) is 11.9 Å². The van der Waals surface area contributed by atoms with Gasteiger partial charge in [-0.2, -0.15) is 0 Å². The van der Waals surface area contributed by atoms with Gasteiger partial charge in [0.25, 0.3) is 5.91 Å². The van der Waals surface area contributed by atoms with Crippen LogP contribution in [0, 0.1) is 0 Å². The molecule has 0 bridgehead atoms. The van der Waals surface area contributed by atoms with E-state index in [9.17, 15) is 4.79 Å². The highest BCUT2D eigenvalue weighted by Gasteiger charge is 2.24. The molecule has 2 heterocycles. The minimum Gasteiger partial charge on any atom is -0.375 e. The second kappa shape index (κ2) is 4.04. The Morgan fingerprint density at radius 1 is 1.27 bits per heavy atom. The molecule has 0 aliphatic carbocycles. The van der Waals surface area contributed by atoms with Crippen LogP contribution in [0.25, 0.3) is 0 Å². The Labute approximate surface area is 90.3 Å². The van der Waals surface area contributed by atoms with Crippen LogP contribution in [0.5, 0.6) is 0 Å². The third-order valence-corrected chi connectivity index (χ3v) is 2.99. The summed E-state index contributed by atoms with van der Waals surface area (Å²) in [6, 6.07) is 0. The lowest BCUT2D eigenvalue weighted by Crippen LogP contribution is -2.28. The number of piperidine rings is 1. The summed E-state index contributed by atoms with van der Waals surface area (Å²) in [4.78, 5) is 19.8.